The highest BCUT2D eigenvalue weighted by Gasteiger charge is 2.30. The molecule has 33 heavy (non-hydrogen) atoms. The van der Waals surface area contributed by atoms with Crippen molar-refractivity contribution in [1.82, 2.24) is 10.3 Å². The second kappa shape index (κ2) is 9.23. The first-order valence-corrected chi connectivity index (χ1v) is 10.2. The lowest BCUT2D eigenvalue weighted by atomic mass is 9.98. The molecular formula is C23H22N4O6. The molecule has 2 atom stereocenters. The van der Waals surface area contributed by atoms with Crippen molar-refractivity contribution < 1.29 is 24.7 Å². The highest BCUT2D eigenvalue weighted by Crippen LogP contribution is 2.44. The first-order valence-electron chi connectivity index (χ1n) is 10.2. The summed E-state index contributed by atoms with van der Waals surface area (Å²) in [6.45, 7) is -0.264. The number of nitrogen functional groups attached to an aromatic ring is 1. The molecule has 1 aromatic heterocycles. The second-order valence-corrected chi connectivity index (χ2v) is 7.64. The monoisotopic (exact) mass is 450 g/mol. The maximum atomic E-state index is 12.2. The number of aliphatic hydroxyl groups is 2. The minimum Gasteiger partial charge on any atom is -0.449 e. The van der Waals surface area contributed by atoms with E-state index in [1.807, 2.05) is 48.5 Å². The van der Waals surface area contributed by atoms with E-state index in [1.54, 1.807) is 0 Å². The van der Waals surface area contributed by atoms with Crippen molar-refractivity contribution in [2.75, 3.05) is 18.9 Å². The average Bonchev–Trinajstić information content (AvgIpc) is 3.14. The molecule has 0 bridgehead atoms. The van der Waals surface area contributed by atoms with E-state index < -0.39 is 28.9 Å². The number of carbonyl (C=O) groups is 1. The third-order valence-corrected chi connectivity index (χ3v) is 5.68. The number of benzene rings is 2. The van der Waals surface area contributed by atoms with Crippen LogP contribution in [0.2, 0.25) is 0 Å². The lowest BCUT2D eigenvalue weighted by molar-refractivity contribution is -0.384. The lowest BCUT2D eigenvalue weighted by Gasteiger charge is -2.20. The fourth-order valence-corrected chi connectivity index (χ4v) is 4.01. The Morgan fingerprint density at radius 1 is 1.12 bits per heavy atom. The van der Waals surface area contributed by atoms with Crippen molar-refractivity contribution in [3.63, 3.8) is 0 Å². The molecule has 0 spiro atoms. The lowest BCUT2D eigenvalue weighted by Crippen LogP contribution is -2.36. The summed E-state index contributed by atoms with van der Waals surface area (Å²) >= 11 is 0. The topological polar surface area (TPSA) is 161 Å². The maximum absolute atomic E-state index is 12.2. The zero-order valence-corrected chi connectivity index (χ0v) is 17.4. The van der Waals surface area contributed by atoms with Crippen LogP contribution in [-0.2, 0) is 4.74 Å². The quantitative estimate of drug-likeness (QED) is 0.315. The Morgan fingerprint density at radius 2 is 1.73 bits per heavy atom. The smallest absolute Gasteiger partial charge is 0.407 e. The van der Waals surface area contributed by atoms with E-state index in [4.69, 9.17) is 10.5 Å². The van der Waals surface area contributed by atoms with Crippen LogP contribution in [0.15, 0.2) is 60.9 Å². The number of anilines is 1. The number of pyridine rings is 1. The first kappa shape index (κ1) is 22.2. The van der Waals surface area contributed by atoms with Gasteiger partial charge < -0.3 is 26.0 Å². The molecule has 170 valence electrons. The van der Waals surface area contributed by atoms with Crippen LogP contribution in [0.3, 0.4) is 0 Å². The number of hydrogen-bond donors (Lipinski definition) is 4. The van der Waals surface area contributed by atoms with Crippen molar-refractivity contribution in [3.05, 3.63) is 87.7 Å². The molecule has 10 heteroatoms. The summed E-state index contributed by atoms with van der Waals surface area (Å²) in [5.74, 6) is -0.116. The zero-order valence-electron chi connectivity index (χ0n) is 17.4. The number of carbonyl (C=O) groups excluding carboxylic acids is 1. The Bertz CT molecular complexity index is 1160. The minimum atomic E-state index is -1.59. The van der Waals surface area contributed by atoms with Gasteiger partial charge in [-0.2, -0.15) is 0 Å². The van der Waals surface area contributed by atoms with Gasteiger partial charge in [0.25, 0.3) is 0 Å². The van der Waals surface area contributed by atoms with Crippen LogP contribution >= 0.6 is 0 Å². The fraction of sp³-hybridized carbons (Fsp3) is 0.217. The van der Waals surface area contributed by atoms with Crippen LogP contribution in [0, 0.1) is 10.1 Å². The van der Waals surface area contributed by atoms with Crippen molar-refractivity contribution in [3.8, 4) is 11.1 Å². The van der Waals surface area contributed by atoms with Gasteiger partial charge in [-0.05, 0) is 22.3 Å². The zero-order chi connectivity index (χ0) is 23.5. The molecule has 1 aliphatic carbocycles. The van der Waals surface area contributed by atoms with Gasteiger partial charge >= 0.3 is 11.8 Å². The van der Waals surface area contributed by atoms with Crippen molar-refractivity contribution in [1.29, 1.82) is 0 Å². The number of amides is 1. The van der Waals surface area contributed by atoms with Crippen LogP contribution in [0.25, 0.3) is 11.1 Å². The molecule has 0 saturated heterocycles. The van der Waals surface area contributed by atoms with E-state index in [0.717, 1.165) is 34.6 Å². The van der Waals surface area contributed by atoms with E-state index in [2.05, 4.69) is 10.3 Å². The maximum Gasteiger partial charge on any atom is 0.407 e. The van der Waals surface area contributed by atoms with Gasteiger partial charge in [0, 0.05) is 24.2 Å². The van der Waals surface area contributed by atoms with Gasteiger partial charge in [0.05, 0.1) is 4.92 Å². The Balaban J connectivity index is 1.36. The Morgan fingerprint density at radius 3 is 2.33 bits per heavy atom. The molecule has 3 aromatic rings. The fourth-order valence-electron chi connectivity index (χ4n) is 4.01. The molecule has 1 aliphatic rings. The number of nitrogens with one attached hydrogen (secondary N) is 1. The van der Waals surface area contributed by atoms with Crippen LogP contribution in [0.1, 0.15) is 28.7 Å². The summed E-state index contributed by atoms with van der Waals surface area (Å²) in [5.41, 5.74) is 9.15. The van der Waals surface area contributed by atoms with Gasteiger partial charge in [-0.15, -0.1) is 0 Å². The van der Waals surface area contributed by atoms with E-state index >= 15 is 0 Å². The normalized spacial score (nSPS) is 14.1. The first-order chi connectivity index (χ1) is 15.9. The summed E-state index contributed by atoms with van der Waals surface area (Å²) in [5, 5.41) is 33.9. The van der Waals surface area contributed by atoms with E-state index in [1.165, 1.54) is 0 Å². The molecule has 0 saturated carbocycles. The van der Waals surface area contributed by atoms with Gasteiger partial charge in [0.15, 0.2) is 0 Å². The van der Waals surface area contributed by atoms with Gasteiger partial charge in [-0.25, -0.2) is 4.79 Å². The summed E-state index contributed by atoms with van der Waals surface area (Å²) in [7, 11) is 0. The average molecular weight is 450 g/mol. The van der Waals surface area contributed by atoms with E-state index in [-0.39, 0.29) is 30.3 Å². The molecule has 0 radical (unpaired) electrons. The van der Waals surface area contributed by atoms with Crippen LogP contribution < -0.4 is 11.1 Å². The van der Waals surface area contributed by atoms with Crippen molar-refractivity contribution >= 4 is 17.5 Å². The minimum absolute atomic E-state index is 0.0975. The Hall–Kier alpha value is -4.02. The number of hydrogen-bond acceptors (Lipinski definition) is 8. The summed E-state index contributed by atoms with van der Waals surface area (Å²) in [4.78, 5) is 26.2. The van der Waals surface area contributed by atoms with Crippen molar-refractivity contribution in [2.45, 2.75) is 18.1 Å². The number of nitrogens with two attached hydrogens (primary N) is 1. The number of aromatic nitrogens is 1. The molecule has 2 unspecified atom stereocenters. The molecule has 1 heterocycles. The molecule has 10 nitrogen and oxygen atoms in total. The SMILES string of the molecule is Nc1c(C(O)C(O)CNC(=O)OCC2c3ccccc3-c3ccccc32)cncc1[N+](=O)[O-]. The molecule has 0 aliphatic heterocycles. The van der Waals surface area contributed by atoms with Crippen LogP contribution in [0.5, 0.6) is 0 Å². The predicted octanol–water partition coefficient (Wildman–Crippen LogP) is 2.50. The number of nitro groups is 1. The molecular weight excluding hydrogens is 428 g/mol. The van der Waals surface area contributed by atoms with Crippen LogP contribution in [-0.4, -0.2) is 45.5 Å². The largest absolute Gasteiger partial charge is 0.449 e. The number of aliphatic hydroxyl groups excluding tert-OH is 2. The number of alkyl carbamates (subject to hydrolysis) is 1. The predicted molar refractivity (Wildman–Crippen MR) is 119 cm³/mol. The highest BCUT2D eigenvalue weighted by atomic mass is 16.6. The van der Waals surface area contributed by atoms with Gasteiger partial charge in [0.2, 0.25) is 0 Å². The highest BCUT2D eigenvalue weighted by molar-refractivity contribution is 5.79. The molecule has 4 rings (SSSR count). The van der Waals surface area contributed by atoms with E-state index in [9.17, 15) is 25.1 Å². The molecule has 2 aromatic carbocycles. The summed E-state index contributed by atoms with van der Waals surface area (Å²) in [6.07, 6.45) is -1.77. The summed E-state index contributed by atoms with van der Waals surface area (Å²) in [6, 6.07) is 15.8. The number of ether oxygens (including phenoxy) is 1. The van der Waals surface area contributed by atoms with Gasteiger partial charge in [0.1, 0.15) is 30.7 Å². The van der Waals surface area contributed by atoms with Gasteiger partial charge in [-0.1, -0.05) is 48.5 Å². The van der Waals surface area contributed by atoms with Crippen LogP contribution in [0.4, 0.5) is 16.2 Å². The second-order valence-electron chi connectivity index (χ2n) is 7.64. The number of rotatable bonds is 7. The molecule has 0 fully saturated rings. The Labute approximate surface area is 188 Å². The van der Waals surface area contributed by atoms with E-state index in [0.29, 0.717) is 0 Å². The number of fused-ring (bicyclic) bond motifs is 3. The third-order valence-electron chi connectivity index (χ3n) is 5.68. The van der Waals surface area contributed by atoms with Gasteiger partial charge in [-0.3, -0.25) is 15.1 Å². The molecule has 1 amide bonds. The summed E-state index contributed by atoms with van der Waals surface area (Å²) < 4.78 is 5.38. The standard InChI is InChI=1S/C23H22N4O6/c24-21-17(9-25-10-19(21)27(31)32)22(29)20(28)11-26-23(30)33-12-18-15-7-3-1-5-13(15)14-6-2-4-8-16(14)18/h1-10,18,20,22,28-29H,11-12H2,(H2,24,25)(H,26,30). The molecule has 5 N–H and O–H groups in total. The third kappa shape index (κ3) is 4.34. The van der Waals surface area contributed by atoms with Crippen molar-refractivity contribution in [2.24, 2.45) is 0 Å². The Kier molecular flexibility index (Phi) is 6.20. The number of nitrogens with zero attached hydrogens (tertiary/aromatic N) is 2.